The average molecular weight is 406 g/mol. The lowest BCUT2D eigenvalue weighted by atomic mass is 9.85. The molecule has 0 aromatic rings. The Bertz CT molecular complexity index is 473. The largest absolute Gasteiger partial charge is 0.356 e. The first-order valence-electron chi connectivity index (χ1n) is 10.9. The first-order valence-corrected chi connectivity index (χ1v) is 10.9. The Morgan fingerprint density at radius 1 is 0.964 bits per heavy atom. The van der Waals surface area contributed by atoms with Gasteiger partial charge in [0.05, 0.1) is 12.1 Å². The number of ketones is 2. The predicted molar refractivity (Wildman–Crippen MR) is 123 cm³/mol. The molecule has 0 saturated heterocycles. The van der Waals surface area contributed by atoms with Crippen molar-refractivity contribution in [3.8, 4) is 0 Å². The van der Waals surface area contributed by atoms with Crippen LogP contribution in [0.15, 0.2) is 0 Å². The van der Waals surface area contributed by atoms with Crippen molar-refractivity contribution in [2.75, 3.05) is 6.54 Å². The van der Waals surface area contributed by atoms with Crippen LogP contribution in [0.25, 0.3) is 0 Å². The van der Waals surface area contributed by atoms with E-state index in [-0.39, 0.29) is 27.7 Å². The maximum Gasteiger partial charge on any atom is 0.219 e. The lowest BCUT2D eigenvalue weighted by molar-refractivity contribution is -0.127. The summed E-state index contributed by atoms with van der Waals surface area (Å²) in [5.74, 6) is 0.109. The molecule has 0 rings (SSSR count). The van der Waals surface area contributed by atoms with Crippen molar-refractivity contribution in [2.24, 2.45) is 22.8 Å². The summed E-state index contributed by atoms with van der Waals surface area (Å²) in [5, 5.41) is 2.86. The molecule has 0 saturated carbocycles. The highest BCUT2D eigenvalue weighted by Crippen LogP contribution is 2.18. The van der Waals surface area contributed by atoms with Crippen LogP contribution in [0.4, 0.5) is 0 Å². The highest BCUT2D eigenvalue weighted by molar-refractivity contribution is 5.88. The van der Waals surface area contributed by atoms with E-state index in [4.69, 9.17) is 11.5 Å². The molecule has 0 fully saturated rings. The van der Waals surface area contributed by atoms with Crippen LogP contribution >= 0.6 is 0 Å². The van der Waals surface area contributed by atoms with E-state index in [0.29, 0.717) is 32.2 Å². The molecule has 6 nitrogen and oxygen atoms in total. The van der Waals surface area contributed by atoms with Crippen LogP contribution < -0.4 is 16.8 Å². The zero-order chi connectivity index (χ0) is 22.3. The minimum absolute atomic E-state index is 0. The quantitative estimate of drug-likeness (QED) is 0.399. The third kappa shape index (κ3) is 13.0. The van der Waals surface area contributed by atoms with E-state index < -0.39 is 17.5 Å². The topological polar surface area (TPSA) is 115 Å². The molecular formula is C22H51N3O3. The van der Waals surface area contributed by atoms with Crippen molar-refractivity contribution in [1.29, 1.82) is 0 Å². The van der Waals surface area contributed by atoms with Crippen LogP contribution in [0.2, 0.25) is 0 Å². The number of unbranched alkanes of at least 4 members (excludes halogenated alkanes) is 1. The number of hydrogen-bond donors (Lipinski definition) is 3. The van der Waals surface area contributed by atoms with Gasteiger partial charge in [0.15, 0.2) is 11.6 Å². The van der Waals surface area contributed by atoms with Crippen molar-refractivity contribution in [3.05, 3.63) is 0 Å². The smallest absolute Gasteiger partial charge is 0.219 e. The second kappa shape index (κ2) is 15.6. The van der Waals surface area contributed by atoms with Gasteiger partial charge in [-0.1, -0.05) is 48.5 Å². The fourth-order valence-electron chi connectivity index (χ4n) is 2.68. The fourth-order valence-corrected chi connectivity index (χ4v) is 2.68. The molecule has 6 heteroatoms. The fraction of sp³-hybridized carbons (Fsp3) is 0.864. The molecular weight excluding hydrogens is 354 g/mol. The number of nitrogens with one attached hydrogen (secondary N) is 1. The van der Waals surface area contributed by atoms with Gasteiger partial charge >= 0.3 is 0 Å². The maximum absolute atomic E-state index is 12.0. The molecule has 0 aliphatic rings. The van der Waals surface area contributed by atoms with E-state index >= 15 is 0 Å². The predicted octanol–water partition coefficient (Wildman–Crippen LogP) is 4.09. The highest BCUT2D eigenvalue weighted by atomic mass is 16.1. The molecule has 172 valence electrons. The van der Waals surface area contributed by atoms with Gasteiger partial charge in [0.2, 0.25) is 5.91 Å². The summed E-state index contributed by atoms with van der Waals surface area (Å²) in [6.45, 7) is 14.0. The number of Topliss-reactive ketones (excluding diaryl/α,β-unsaturated/α-hetero) is 2. The van der Waals surface area contributed by atoms with Gasteiger partial charge in [0.1, 0.15) is 0 Å². The van der Waals surface area contributed by atoms with Gasteiger partial charge in [-0.3, -0.25) is 14.4 Å². The first-order chi connectivity index (χ1) is 13.0. The van der Waals surface area contributed by atoms with Crippen LogP contribution in [-0.4, -0.2) is 36.1 Å². The van der Waals surface area contributed by atoms with Crippen molar-refractivity contribution in [2.45, 2.75) is 105 Å². The van der Waals surface area contributed by atoms with Crippen molar-refractivity contribution < 1.29 is 18.7 Å². The zero-order valence-electron chi connectivity index (χ0n) is 19.3. The maximum atomic E-state index is 12.0. The molecule has 3 atom stereocenters. The van der Waals surface area contributed by atoms with E-state index in [1.54, 1.807) is 0 Å². The van der Waals surface area contributed by atoms with Gasteiger partial charge in [-0.05, 0) is 38.5 Å². The van der Waals surface area contributed by atoms with Gasteiger partial charge in [0, 0.05) is 28.6 Å². The van der Waals surface area contributed by atoms with Crippen molar-refractivity contribution in [1.82, 2.24) is 5.32 Å². The number of rotatable bonds is 13. The number of nitrogens with two attached hydrogens (primary N) is 2. The van der Waals surface area contributed by atoms with Gasteiger partial charge in [-0.15, -0.1) is 0 Å². The Morgan fingerprint density at radius 3 is 2.00 bits per heavy atom. The lowest BCUT2D eigenvalue weighted by Crippen LogP contribution is -2.38. The van der Waals surface area contributed by atoms with Crippen LogP contribution in [-0.2, 0) is 14.4 Å². The third-order valence-corrected chi connectivity index (χ3v) is 4.72. The van der Waals surface area contributed by atoms with Crippen molar-refractivity contribution in [3.63, 3.8) is 0 Å². The van der Waals surface area contributed by atoms with Crippen molar-refractivity contribution >= 4 is 17.5 Å². The Balaban J connectivity index is -0.000000436. The monoisotopic (exact) mass is 405 g/mol. The molecule has 0 aliphatic carbocycles. The highest BCUT2D eigenvalue weighted by Gasteiger charge is 2.26. The summed E-state index contributed by atoms with van der Waals surface area (Å²) in [7, 11) is 0. The molecule has 5 N–H and O–H groups in total. The summed E-state index contributed by atoms with van der Waals surface area (Å²) in [4.78, 5) is 35.7. The van der Waals surface area contributed by atoms with Crippen LogP contribution in [0.3, 0.4) is 0 Å². The molecule has 0 bridgehead atoms. The third-order valence-electron chi connectivity index (χ3n) is 4.72. The number of hydrogen-bond acceptors (Lipinski definition) is 5. The van der Waals surface area contributed by atoms with Gasteiger partial charge in [-0.2, -0.15) is 0 Å². The molecule has 3 unspecified atom stereocenters. The lowest BCUT2D eigenvalue weighted by Gasteiger charge is -2.21. The number of carbonyl (C=O) groups is 3. The molecule has 28 heavy (non-hydrogen) atoms. The minimum atomic E-state index is -0.473. The Hall–Kier alpha value is -1.27. The van der Waals surface area contributed by atoms with E-state index in [9.17, 15) is 14.4 Å². The molecule has 0 radical (unpaired) electrons. The van der Waals surface area contributed by atoms with Crippen LogP contribution in [0, 0.1) is 11.3 Å². The number of amides is 1. The van der Waals surface area contributed by atoms with E-state index in [0.717, 1.165) is 19.3 Å². The van der Waals surface area contributed by atoms with Gasteiger partial charge in [0.25, 0.3) is 0 Å². The normalized spacial score (nSPS) is 14.3. The Kier molecular flexibility index (Phi) is 16.2. The minimum Gasteiger partial charge on any atom is -0.356 e. The van der Waals surface area contributed by atoms with E-state index in [1.165, 1.54) is 0 Å². The molecule has 1 amide bonds. The average Bonchev–Trinajstić information content (AvgIpc) is 2.66. The zero-order valence-corrected chi connectivity index (χ0v) is 19.3. The van der Waals surface area contributed by atoms with Gasteiger partial charge < -0.3 is 16.8 Å². The SMILES string of the molecule is CC.CCC(C)C(=O)C(N)CCCC(=O)NCCCCC(N)C(=O)C(C)(C)C.[HH].[HH].[HH]. The summed E-state index contributed by atoms with van der Waals surface area (Å²) in [6, 6.07) is -0.908. The molecule has 0 aromatic carbocycles. The first kappa shape index (κ1) is 28.9. The summed E-state index contributed by atoms with van der Waals surface area (Å²) >= 11 is 0. The standard InChI is InChI=1S/C20H39N3O3.C2H6.3H2/c1-6-14(2)18(25)15(21)11-9-12-17(24)23-13-8-7-10-16(22)19(26)20(3,4)5;1-2;;;/h14-16H,6-13,21-22H2,1-5H3,(H,23,24);1-2H3;3*1H. The van der Waals surface area contributed by atoms with E-state index in [1.807, 2.05) is 48.5 Å². The summed E-state index contributed by atoms with van der Waals surface area (Å²) in [5.41, 5.74) is 11.4. The second-order valence-corrected chi connectivity index (χ2v) is 8.28. The second-order valence-electron chi connectivity index (χ2n) is 8.28. The molecule has 0 aromatic heterocycles. The Labute approximate surface area is 177 Å². The van der Waals surface area contributed by atoms with Crippen LogP contribution in [0.5, 0.6) is 0 Å². The molecule has 0 aliphatic heterocycles. The Morgan fingerprint density at radius 2 is 1.50 bits per heavy atom. The van der Waals surface area contributed by atoms with Gasteiger partial charge in [-0.25, -0.2) is 0 Å². The number of carbonyl (C=O) groups excluding carboxylic acids is 3. The summed E-state index contributed by atoms with van der Waals surface area (Å²) < 4.78 is 0. The molecule has 0 spiro atoms. The summed E-state index contributed by atoms with van der Waals surface area (Å²) in [6.07, 6.45) is 4.56. The molecule has 0 heterocycles. The van der Waals surface area contributed by atoms with E-state index in [2.05, 4.69) is 5.32 Å². The van der Waals surface area contributed by atoms with Crippen LogP contribution in [0.1, 0.15) is 97.7 Å².